The summed E-state index contributed by atoms with van der Waals surface area (Å²) in [7, 11) is 0. The molecule has 3 aromatic rings. The SMILES string of the molecule is Nc1ccc(-c2ccccc2)nc1NC(=O)c1cncnc1. The molecule has 0 aliphatic heterocycles. The molecular weight excluding hydrogens is 278 g/mol. The van der Waals surface area contributed by atoms with E-state index in [1.54, 1.807) is 6.07 Å². The van der Waals surface area contributed by atoms with E-state index in [0.717, 1.165) is 11.3 Å². The summed E-state index contributed by atoms with van der Waals surface area (Å²) in [6.07, 6.45) is 4.22. The predicted octanol–water partition coefficient (Wildman–Crippen LogP) is 2.37. The van der Waals surface area contributed by atoms with E-state index in [0.29, 0.717) is 17.1 Å². The molecule has 108 valence electrons. The molecule has 6 heteroatoms. The van der Waals surface area contributed by atoms with Crippen LogP contribution >= 0.6 is 0 Å². The number of anilines is 2. The third kappa shape index (κ3) is 2.90. The Morgan fingerprint density at radius 1 is 1.00 bits per heavy atom. The van der Waals surface area contributed by atoms with Crippen molar-refractivity contribution in [3.63, 3.8) is 0 Å². The molecule has 0 fully saturated rings. The van der Waals surface area contributed by atoms with Gasteiger partial charge in [0.1, 0.15) is 6.33 Å². The molecule has 0 saturated carbocycles. The Hall–Kier alpha value is -3.28. The number of benzene rings is 1. The minimum Gasteiger partial charge on any atom is -0.396 e. The molecule has 2 aromatic heterocycles. The highest BCUT2D eigenvalue weighted by molar-refractivity contribution is 6.04. The summed E-state index contributed by atoms with van der Waals surface area (Å²) in [5, 5.41) is 2.68. The normalized spacial score (nSPS) is 10.2. The minimum atomic E-state index is -0.356. The number of aromatic nitrogens is 3. The van der Waals surface area contributed by atoms with Crippen molar-refractivity contribution >= 4 is 17.4 Å². The highest BCUT2D eigenvalue weighted by atomic mass is 16.1. The van der Waals surface area contributed by atoms with Crippen LogP contribution in [0.15, 0.2) is 61.2 Å². The van der Waals surface area contributed by atoms with Gasteiger partial charge >= 0.3 is 0 Å². The Balaban J connectivity index is 1.89. The molecule has 0 spiro atoms. The van der Waals surface area contributed by atoms with E-state index in [1.807, 2.05) is 36.4 Å². The lowest BCUT2D eigenvalue weighted by atomic mass is 10.1. The number of nitrogens with zero attached hydrogens (tertiary/aromatic N) is 3. The monoisotopic (exact) mass is 291 g/mol. The zero-order valence-electron chi connectivity index (χ0n) is 11.6. The van der Waals surface area contributed by atoms with E-state index in [4.69, 9.17) is 5.73 Å². The maximum atomic E-state index is 12.1. The van der Waals surface area contributed by atoms with Gasteiger partial charge in [-0.2, -0.15) is 0 Å². The van der Waals surface area contributed by atoms with E-state index >= 15 is 0 Å². The van der Waals surface area contributed by atoms with Gasteiger partial charge in [0.15, 0.2) is 5.82 Å². The average Bonchev–Trinajstić information content (AvgIpc) is 2.58. The summed E-state index contributed by atoms with van der Waals surface area (Å²) in [5.41, 5.74) is 8.30. The van der Waals surface area contributed by atoms with Crippen LogP contribution in [0.4, 0.5) is 11.5 Å². The molecule has 0 radical (unpaired) electrons. The first-order valence-electron chi connectivity index (χ1n) is 6.62. The largest absolute Gasteiger partial charge is 0.396 e. The quantitative estimate of drug-likeness (QED) is 0.772. The first-order valence-corrected chi connectivity index (χ1v) is 6.62. The van der Waals surface area contributed by atoms with Crippen LogP contribution in [0, 0.1) is 0 Å². The fourth-order valence-electron chi connectivity index (χ4n) is 1.94. The Kier molecular flexibility index (Phi) is 3.74. The smallest absolute Gasteiger partial charge is 0.260 e. The second kappa shape index (κ2) is 6.01. The first-order chi connectivity index (χ1) is 10.7. The maximum Gasteiger partial charge on any atom is 0.260 e. The Morgan fingerprint density at radius 3 is 2.45 bits per heavy atom. The van der Waals surface area contributed by atoms with Gasteiger partial charge in [-0.3, -0.25) is 4.79 Å². The maximum absolute atomic E-state index is 12.1. The molecule has 1 aromatic carbocycles. The fraction of sp³-hybridized carbons (Fsp3) is 0. The van der Waals surface area contributed by atoms with Crippen molar-refractivity contribution in [3.05, 3.63) is 66.7 Å². The van der Waals surface area contributed by atoms with E-state index in [1.165, 1.54) is 18.7 Å². The molecule has 0 aliphatic rings. The number of carbonyl (C=O) groups excluding carboxylic acids is 1. The molecule has 0 atom stereocenters. The van der Waals surface area contributed by atoms with Gasteiger partial charge in [-0.15, -0.1) is 0 Å². The van der Waals surface area contributed by atoms with Crippen LogP contribution in [0.25, 0.3) is 11.3 Å². The molecule has 6 nitrogen and oxygen atoms in total. The van der Waals surface area contributed by atoms with Gasteiger partial charge in [0.25, 0.3) is 5.91 Å². The number of carbonyl (C=O) groups is 1. The number of nitrogens with one attached hydrogen (secondary N) is 1. The Morgan fingerprint density at radius 2 is 1.73 bits per heavy atom. The lowest BCUT2D eigenvalue weighted by molar-refractivity contribution is 0.102. The number of nitrogens with two attached hydrogens (primary N) is 1. The second-order valence-corrected chi connectivity index (χ2v) is 4.58. The van der Waals surface area contributed by atoms with Crippen LogP contribution in [0.2, 0.25) is 0 Å². The van der Waals surface area contributed by atoms with Crippen molar-refractivity contribution < 1.29 is 4.79 Å². The number of hydrogen-bond acceptors (Lipinski definition) is 5. The topological polar surface area (TPSA) is 93.8 Å². The molecule has 0 unspecified atom stereocenters. The standard InChI is InChI=1S/C16H13N5O/c17-13-6-7-14(11-4-2-1-3-5-11)20-15(13)21-16(22)12-8-18-10-19-9-12/h1-10H,17H2,(H,20,21,22). The van der Waals surface area contributed by atoms with Crippen LogP contribution in [0.5, 0.6) is 0 Å². The third-order valence-corrected chi connectivity index (χ3v) is 3.05. The van der Waals surface area contributed by atoms with Gasteiger partial charge in [-0.05, 0) is 12.1 Å². The number of pyridine rings is 1. The second-order valence-electron chi connectivity index (χ2n) is 4.58. The van der Waals surface area contributed by atoms with Gasteiger partial charge in [-0.1, -0.05) is 30.3 Å². The van der Waals surface area contributed by atoms with E-state index in [2.05, 4.69) is 20.3 Å². The third-order valence-electron chi connectivity index (χ3n) is 3.05. The van der Waals surface area contributed by atoms with Crippen molar-refractivity contribution in [2.24, 2.45) is 0 Å². The highest BCUT2D eigenvalue weighted by Crippen LogP contribution is 2.23. The van der Waals surface area contributed by atoms with Crippen LogP contribution in [0.3, 0.4) is 0 Å². The Bertz CT molecular complexity index is 790. The van der Waals surface area contributed by atoms with Gasteiger partial charge in [0, 0.05) is 18.0 Å². The molecule has 0 saturated heterocycles. The van der Waals surface area contributed by atoms with Crippen LogP contribution in [-0.2, 0) is 0 Å². The predicted molar refractivity (Wildman–Crippen MR) is 84.1 cm³/mol. The van der Waals surface area contributed by atoms with Crippen molar-refractivity contribution in [2.75, 3.05) is 11.1 Å². The first kappa shape index (κ1) is 13.7. The van der Waals surface area contributed by atoms with Gasteiger partial charge < -0.3 is 11.1 Å². The zero-order valence-corrected chi connectivity index (χ0v) is 11.6. The molecule has 2 heterocycles. The summed E-state index contributed by atoms with van der Waals surface area (Å²) >= 11 is 0. The summed E-state index contributed by atoms with van der Waals surface area (Å²) < 4.78 is 0. The van der Waals surface area contributed by atoms with E-state index < -0.39 is 0 Å². The van der Waals surface area contributed by atoms with Crippen LogP contribution in [0.1, 0.15) is 10.4 Å². The number of rotatable bonds is 3. The molecule has 0 bridgehead atoms. The zero-order chi connectivity index (χ0) is 15.4. The lowest BCUT2D eigenvalue weighted by Crippen LogP contribution is -2.15. The summed E-state index contributed by atoms with van der Waals surface area (Å²) in [6.45, 7) is 0. The summed E-state index contributed by atoms with van der Waals surface area (Å²) in [6, 6.07) is 13.2. The number of hydrogen-bond donors (Lipinski definition) is 2. The summed E-state index contributed by atoms with van der Waals surface area (Å²) in [4.78, 5) is 24.2. The van der Waals surface area contributed by atoms with E-state index in [-0.39, 0.29) is 5.91 Å². The van der Waals surface area contributed by atoms with Gasteiger partial charge in [0.05, 0.1) is 16.9 Å². The average molecular weight is 291 g/mol. The molecule has 22 heavy (non-hydrogen) atoms. The number of nitrogen functional groups attached to an aromatic ring is 1. The van der Waals surface area contributed by atoms with Crippen molar-refractivity contribution in [3.8, 4) is 11.3 Å². The van der Waals surface area contributed by atoms with Crippen molar-refractivity contribution in [1.29, 1.82) is 0 Å². The number of amides is 1. The van der Waals surface area contributed by atoms with Crippen molar-refractivity contribution in [1.82, 2.24) is 15.0 Å². The highest BCUT2D eigenvalue weighted by Gasteiger charge is 2.11. The minimum absolute atomic E-state index is 0.315. The van der Waals surface area contributed by atoms with Gasteiger partial charge in [-0.25, -0.2) is 15.0 Å². The molecule has 3 rings (SSSR count). The van der Waals surface area contributed by atoms with Gasteiger partial charge in [0.2, 0.25) is 0 Å². The molecular formula is C16H13N5O. The fourth-order valence-corrected chi connectivity index (χ4v) is 1.94. The van der Waals surface area contributed by atoms with E-state index in [9.17, 15) is 4.79 Å². The van der Waals surface area contributed by atoms with Crippen molar-refractivity contribution in [2.45, 2.75) is 0 Å². The Labute approximate surface area is 127 Å². The van der Waals surface area contributed by atoms with Crippen LogP contribution in [-0.4, -0.2) is 20.9 Å². The van der Waals surface area contributed by atoms with Crippen LogP contribution < -0.4 is 11.1 Å². The molecule has 3 N–H and O–H groups in total. The molecule has 0 aliphatic carbocycles. The molecule has 1 amide bonds. The summed E-state index contributed by atoms with van der Waals surface area (Å²) in [5.74, 6) is -0.0415. The lowest BCUT2D eigenvalue weighted by Gasteiger charge is -2.09.